The van der Waals surface area contributed by atoms with E-state index in [1.54, 1.807) is 13.2 Å². The molecule has 1 aromatic carbocycles. The summed E-state index contributed by atoms with van der Waals surface area (Å²) in [7, 11) is 8.30. The molecule has 0 aliphatic heterocycles. The molecule has 4 atom stereocenters. The van der Waals surface area contributed by atoms with Crippen LogP contribution in [0.2, 0.25) is 10.0 Å². The fourth-order valence-corrected chi connectivity index (χ4v) is 5.30. The summed E-state index contributed by atoms with van der Waals surface area (Å²) < 4.78 is 5.49. The molecule has 3 nitrogen and oxygen atoms in total. The van der Waals surface area contributed by atoms with Crippen LogP contribution in [0.4, 0.5) is 0 Å². The van der Waals surface area contributed by atoms with Crippen molar-refractivity contribution >= 4 is 23.2 Å². The van der Waals surface area contributed by atoms with Gasteiger partial charge in [-0.05, 0) is 70.8 Å². The van der Waals surface area contributed by atoms with Gasteiger partial charge in [-0.3, -0.25) is 4.90 Å². The molecule has 24 heavy (non-hydrogen) atoms. The maximum absolute atomic E-state index is 6.27. The molecule has 1 aromatic rings. The van der Waals surface area contributed by atoms with Crippen LogP contribution in [0.1, 0.15) is 31.2 Å². The van der Waals surface area contributed by atoms with E-state index in [2.05, 4.69) is 30.9 Å². The molecule has 2 saturated carbocycles. The van der Waals surface area contributed by atoms with E-state index in [0.29, 0.717) is 16.1 Å². The molecule has 2 aliphatic rings. The van der Waals surface area contributed by atoms with Crippen LogP contribution >= 0.6 is 23.2 Å². The van der Waals surface area contributed by atoms with Gasteiger partial charge in [-0.15, -0.1) is 0 Å². The van der Waals surface area contributed by atoms with E-state index in [4.69, 9.17) is 27.9 Å². The molecule has 2 unspecified atom stereocenters. The van der Waals surface area contributed by atoms with Crippen molar-refractivity contribution in [1.82, 2.24) is 9.80 Å². The maximum Gasteiger partial charge on any atom is 0.142 e. The largest absolute Gasteiger partial charge is 0.495 e. The average Bonchev–Trinajstić information content (AvgIpc) is 3.05. The zero-order valence-electron chi connectivity index (χ0n) is 15.1. The summed E-state index contributed by atoms with van der Waals surface area (Å²) in [5, 5.41) is 1.26. The molecule has 134 valence electrons. The lowest BCUT2D eigenvalue weighted by atomic mass is 10.0. The number of methoxy groups -OCH3 is 1. The standard InChI is InChI=1S/C19H28Cl2N2O/c1-22(2)16-6-12-8-17(9-13(12)7-16)23(3)11-14-5-15(20)10-18(21)19(14)24-4/h5,10,12-13,16-17H,6-9,11H2,1-4H3/t12-,13+,16?,17?. The molecule has 0 saturated heterocycles. The summed E-state index contributed by atoms with van der Waals surface area (Å²) >= 11 is 12.5. The number of hydrogen-bond donors (Lipinski definition) is 0. The number of hydrogen-bond acceptors (Lipinski definition) is 3. The molecule has 5 heteroatoms. The Hall–Kier alpha value is -0.480. The second-order valence-corrected chi connectivity index (χ2v) is 8.57. The molecular weight excluding hydrogens is 343 g/mol. The molecule has 0 radical (unpaired) electrons. The Morgan fingerprint density at radius 2 is 1.58 bits per heavy atom. The summed E-state index contributed by atoms with van der Waals surface area (Å²) in [6.07, 6.45) is 5.33. The van der Waals surface area contributed by atoms with E-state index in [-0.39, 0.29) is 0 Å². The lowest BCUT2D eigenvalue weighted by Gasteiger charge is -2.27. The highest BCUT2D eigenvalue weighted by atomic mass is 35.5. The second kappa shape index (κ2) is 7.41. The zero-order chi connectivity index (χ0) is 17.4. The van der Waals surface area contributed by atoms with Crippen molar-refractivity contribution in [2.24, 2.45) is 11.8 Å². The van der Waals surface area contributed by atoms with Gasteiger partial charge in [-0.25, -0.2) is 0 Å². The quantitative estimate of drug-likeness (QED) is 0.755. The van der Waals surface area contributed by atoms with Crippen molar-refractivity contribution in [2.75, 3.05) is 28.3 Å². The van der Waals surface area contributed by atoms with Crippen LogP contribution in [-0.4, -0.2) is 50.1 Å². The minimum Gasteiger partial charge on any atom is -0.495 e. The van der Waals surface area contributed by atoms with Crippen molar-refractivity contribution in [3.05, 3.63) is 27.7 Å². The van der Waals surface area contributed by atoms with E-state index < -0.39 is 0 Å². The Morgan fingerprint density at radius 3 is 2.12 bits per heavy atom. The second-order valence-electron chi connectivity index (χ2n) is 7.73. The number of benzene rings is 1. The van der Waals surface area contributed by atoms with E-state index >= 15 is 0 Å². The fraction of sp³-hybridized carbons (Fsp3) is 0.684. The van der Waals surface area contributed by atoms with Crippen molar-refractivity contribution in [3.63, 3.8) is 0 Å². The first-order valence-electron chi connectivity index (χ1n) is 8.77. The third-order valence-electron chi connectivity index (χ3n) is 6.03. The monoisotopic (exact) mass is 370 g/mol. The van der Waals surface area contributed by atoms with Crippen molar-refractivity contribution in [3.8, 4) is 5.75 Å². The lowest BCUT2D eigenvalue weighted by molar-refractivity contribution is 0.210. The Kier molecular flexibility index (Phi) is 5.65. The van der Waals surface area contributed by atoms with Gasteiger partial charge in [0.15, 0.2) is 0 Å². The number of nitrogens with zero attached hydrogens (tertiary/aromatic N) is 2. The van der Waals surface area contributed by atoms with Gasteiger partial charge in [-0.2, -0.15) is 0 Å². The summed E-state index contributed by atoms with van der Waals surface area (Å²) in [6.45, 7) is 0.824. The van der Waals surface area contributed by atoms with Gasteiger partial charge in [0.05, 0.1) is 12.1 Å². The van der Waals surface area contributed by atoms with Crippen LogP contribution in [0.5, 0.6) is 5.75 Å². The first-order chi connectivity index (χ1) is 11.4. The predicted molar refractivity (Wildman–Crippen MR) is 101 cm³/mol. The van der Waals surface area contributed by atoms with Gasteiger partial charge in [0.1, 0.15) is 5.75 Å². The highest BCUT2D eigenvalue weighted by Crippen LogP contribution is 2.47. The minimum atomic E-state index is 0.588. The van der Waals surface area contributed by atoms with Crippen LogP contribution in [-0.2, 0) is 6.54 Å². The third-order valence-corrected chi connectivity index (χ3v) is 6.53. The normalized spacial score (nSPS) is 29.5. The van der Waals surface area contributed by atoms with Gasteiger partial charge in [-0.1, -0.05) is 23.2 Å². The molecule has 0 amide bonds. The summed E-state index contributed by atoms with van der Waals surface area (Å²) in [6, 6.07) is 5.14. The predicted octanol–water partition coefficient (Wildman–Crippen LogP) is 4.55. The summed E-state index contributed by atoms with van der Waals surface area (Å²) in [5.41, 5.74) is 1.07. The zero-order valence-corrected chi connectivity index (χ0v) is 16.6. The molecule has 0 aromatic heterocycles. The molecule has 2 aliphatic carbocycles. The van der Waals surface area contributed by atoms with Crippen molar-refractivity contribution < 1.29 is 4.74 Å². The SMILES string of the molecule is COc1c(Cl)cc(Cl)cc1CN(C)C1C[C@H]2CC(N(C)C)C[C@H]2C1. The molecule has 0 heterocycles. The number of ether oxygens (including phenoxy) is 1. The van der Waals surface area contributed by atoms with Gasteiger partial charge in [0.2, 0.25) is 0 Å². The summed E-state index contributed by atoms with van der Waals surface area (Å²) in [4.78, 5) is 4.85. The van der Waals surface area contributed by atoms with E-state index in [1.807, 2.05) is 6.07 Å². The van der Waals surface area contributed by atoms with Crippen LogP contribution in [0, 0.1) is 11.8 Å². The lowest BCUT2D eigenvalue weighted by Crippen LogP contribution is -2.31. The van der Waals surface area contributed by atoms with Crippen LogP contribution < -0.4 is 4.74 Å². The van der Waals surface area contributed by atoms with Crippen LogP contribution in [0.15, 0.2) is 12.1 Å². The van der Waals surface area contributed by atoms with Gasteiger partial charge in [0, 0.05) is 29.2 Å². The van der Waals surface area contributed by atoms with E-state index in [0.717, 1.165) is 35.7 Å². The van der Waals surface area contributed by atoms with Crippen molar-refractivity contribution in [2.45, 2.75) is 44.3 Å². The first-order valence-corrected chi connectivity index (χ1v) is 9.53. The Labute approximate surface area is 155 Å². The third kappa shape index (κ3) is 3.70. The topological polar surface area (TPSA) is 15.7 Å². The van der Waals surface area contributed by atoms with E-state index in [1.165, 1.54) is 25.7 Å². The number of fused-ring (bicyclic) bond motifs is 1. The van der Waals surface area contributed by atoms with Crippen molar-refractivity contribution in [1.29, 1.82) is 0 Å². The number of rotatable bonds is 5. The smallest absolute Gasteiger partial charge is 0.142 e. The number of halogens is 2. The molecule has 0 bridgehead atoms. The maximum atomic E-state index is 6.27. The Balaban J connectivity index is 1.65. The van der Waals surface area contributed by atoms with Gasteiger partial charge < -0.3 is 9.64 Å². The van der Waals surface area contributed by atoms with Crippen LogP contribution in [0.3, 0.4) is 0 Å². The molecule has 0 spiro atoms. The molecule has 0 N–H and O–H groups in total. The highest BCUT2D eigenvalue weighted by Gasteiger charge is 2.43. The molecule has 3 rings (SSSR count). The molecular formula is C19H28Cl2N2O. The highest BCUT2D eigenvalue weighted by molar-refractivity contribution is 6.35. The average molecular weight is 371 g/mol. The first kappa shape index (κ1) is 18.3. The minimum absolute atomic E-state index is 0.588. The van der Waals surface area contributed by atoms with Crippen LogP contribution in [0.25, 0.3) is 0 Å². The Bertz CT molecular complexity index is 579. The van der Waals surface area contributed by atoms with Gasteiger partial charge >= 0.3 is 0 Å². The summed E-state index contributed by atoms with van der Waals surface area (Å²) in [5.74, 6) is 2.52. The Morgan fingerprint density at radius 1 is 1.00 bits per heavy atom. The fourth-order valence-electron chi connectivity index (χ4n) is 4.69. The van der Waals surface area contributed by atoms with Gasteiger partial charge in [0.25, 0.3) is 0 Å². The van der Waals surface area contributed by atoms with E-state index in [9.17, 15) is 0 Å². The molecule has 2 fully saturated rings.